The minimum absolute atomic E-state index is 0.0341. The smallest absolute Gasteiger partial charge is 0.223 e. The molecule has 0 spiro atoms. The molecule has 0 saturated heterocycles. The fraction of sp³-hybridized carbons (Fsp3) is 0.214. The largest absolute Gasteiger partial charge is 0.329 e. The van der Waals surface area contributed by atoms with Gasteiger partial charge in [0.2, 0.25) is 5.28 Å². The lowest BCUT2D eigenvalue weighted by atomic mass is 10.1. The average molecular weight is 309 g/mol. The van der Waals surface area contributed by atoms with Gasteiger partial charge < -0.3 is 4.57 Å². The Labute approximate surface area is 124 Å². The molecule has 0 saturated carbocycles. The third kappa shape index (κ3) is 2.35. The van der Waals surface area contributed by atoms with Crippen molar-refractivity contribution in [2.45, 2.75) is 19.9 Å². The maximum atomic E-state index is 14.0. The van der Waals surface area contributed by atoms with Gasteiger partial charge in [0.1, 0.15) is 17.2 Å². The zero-order valence-electron chi connectivity index (χ0n) is 11.3. The molecule has 3 aromatic rings. The molecule has 3 heterocycles. The fourth-order valence-corrected chi connectivity index (χ4v) is 2.36. The summed E-state index contributed by atoms with van der Waals surface area (Å²) in [5.41, 5.74) is 1.04. The molecule has 0 fully saturated rings. The van der Waals surface area contributed by atoms with Crippen molar-refractivity contribution < 1.29 is 8.78 Å². The van der Waals surface area contributed by atoms with Crippen molar-refractivity contribution in [3.8, 4) is 11.3 Å². The quantitative estimate of drug-likeness (QED) is 0.672. The van der Waals surface area contributed by atoms with Gasteiger partial charge >= 0.3 is 0 Å². The number of halogens is 3. The van der Waals surface area contributed by atoms with Crippen LogP contribution in [-0.2, 0) is 0 Å². The van der Waals surface area contributed by atoms with Crippen molar-refractivity contribution in [2.24, 2.45) is 0 Å². The molecule has 0 aliphatic heterocycles. The van der Waals surface area contributed by atoms with Crippen LogP contribution in [0, 0.1) is 11.6 Å². The van der Waals surface area contributed by atoms with E-state index in [0.717, 1.165) is 12.4 Å². The Bertz CT molecular complexity index is 829. The second-order valence-corrected chi connectivity index (χ2v) is 5.24. The van der Waals surface area contributed by atoms with Crippen LogP contribution in [0.1, 0.15) is 19.9 Å². The molecular weight excluding hydrogens is 298 g/mol. The molecule has 0 radical (unpaired) electrons. The first-order valence-electron chi connectivity index (χ1n) is 6.32. The normalized spacial score (nSPS) is 11.5. The van der Waals surface area contributed by atoms with Crippen LogP contribution in [0.3, 0.4) is 0 Å². The first-order valence-corrected chi connectivity index (χ1v) is 6.69. The zero-order chi connectivity index (χ0) is 15.1. The predicted molar refractivity (Wildman–Crippen MR) is 76.1 cm³/mol. The number of fused-ring (bicyclic) bond motifs is 1. The molecule has 0 atom stereocenters. The summed E-state index contributed by atoms with van der Waals surface area (Å²) in [5.74, 6) is -1.11. The highest BCUT2D eigenvalue weighted by Gasteiger charge is 2.18. The molecule has 0 aromatic carbocycles. The Hall–Kier alpha value is -2.08. The zero-order valence-corrected chi connectivity index (χ0v) is 12.1. The molecule has 0 amide bonds. The van der Waals surface area contributed by atoms with E-state index in [1.165, 1.54) is 6.07 Å². The third-order valence-electron chi connectivity index (χ3n) is 3.16. The molecule has 0 aliphatic carbocycles. The predicted octanol–water partition coefficient (Wildman–Crippen LogP) is 4.01. The summed E-state index contributed by atoms with van der Waals surface area (Å²) in [6.45, 7) is 3.91. The van der Waals surface area contributed by atoms with E-state index in [1.54, 1.807) is 6.20 Å². The van der Waals surface area contributed by atoms with Gasteiger partial charge in [-0.25, -0.2) is 23.7 Å². The van der Waals surface area contributed by atoms with Crippen LogP contribution in [-0.4, -0.2) is 19.5 Å². The SMILES string of the molecule is CC(C)n1cc(-c2nc(Cl)ncc2F)c2cc(F)cnc21. The van der Waals surface area contributed by atoms with E-state index >= 15 is 0 Å². The molecule has 4 nitrogen and oxygen atoms in total. The van der Waals surface area contributed by atoms with Crippen LogP contribution in [0.2, 0.25) is 5.28 Å². The number of hydrogen-bond acceptors (Lipinski definition) is 3. The molecule has 108 valence electrons. The molecular formula is C14H11ClF2N4. The maximum absolute atomic E-state index is 14.0. The molecule has 3 rings (SSSR count). The highest BCUT2D eigenvalue weighted by atomic mass is 35.5. The first kappa shape index (κ1) is 13.9. The van der Waals surface area contributed by atoms with Gasteiger partial charge in [-0.15, -0.1) is 0 Å². The highest BCUT2D eigenvalue weighted by Crippen LogP contribution is 2.32. The van der Waals surface area contributed by atoms with Gasteiger partial charge in [0.15, 0.2) is 5.82 Å². The van der Waals surface area contributed by atoms with Crippen molar-refractivity contribution in [3.05, 3.63) is 41.6 Å². The topological polar surface area (TPSA) is 43.6 Å². The first-order chi connectivity index (χ1) is 9.97. The standard InChI is InChI=1S/C14H11ClF2N4/c1-7(2)21-6-10(9-3-8(16)4-18-13(9)21)12-11(17)5-19-14(15)20-12/h3-7H,1-2H3. The van der Waals surface area contributed by atoms with E-state index in [0.29, 0.717) is 16.6 Å². The molecule has 7 heteroatoms. The van der Waals surface area contributed by atoms with E-state index < -0.39 is 11.6 Å². The second kappa shape index (κ2) is 5.04. The van der Waals surface area contributed by atoms with Gasteiger partial charge in [-0.05, 0) is 31.5 Å². The van der Waals surface area contributed by atoms with E-state index in [9.17, 15) is 8.78 Å². The van der Waals surface area contributed by atoms with E-state index in [1.807, 2.05) is 18.4 Å². The van der Waals surface area contributed by atoms with Crippen molar-refractivity contribution in [1.29, 1.82) is 0 Å². The minimum atomic E-state index is -0.619. The van der Waals surface area contributed by atoms with Gasteiger partial charge in [0, 0.05) is 23.2 Å². The summed E-state index contributed by atoms with van der Waals surface area (Å²) in [7, 11) is 0. The van der Waals surface area contributed by atoms with Gasteiger partial charge in [0.05, 0.1) is 12.4 Å². The van der Waals surface area contributed by atoms with Crippen LogP contribution in [0.4, 0.5) is 8.78 Å². The maximum Gasteiger partial charge on any atom is 0.223 e. The summed E-state index contributed by atoms with van der Waals surface area (Å²) in [6.07, 6.45) is 3.83. The van der Waals surface area contributed by atoms with Crippen molar-refractivity contribution in [2.75, 3.05) is 0 Å². The highest BCUT2D eigenvalue weighted by molar-refractivity contribution is 6.28. The number of nitrogens with zero attached hydrogens (tertiary/aromatic N) is 4. The van der Waals surface area contributed by atoms with Crippen molar-refractivity contribution in [1.82, 2.24) is 19.5 Å². The van der Waals surface area contributed by atoms with Gasteiger partial charge in [-0.2, -0.15) is 0 Å². The lowest BCUT2D eigenvalue weighted by Crippen LogP contribution is -1.99. The van der Waals surface area contributed by atoms with Crippen LogP contribution in [0.5, 0.6) is 0 Å². The van der Waals surface area contributed by atoms with Crippen LogP contribution in [0.25, 0.3) is 22.3 Å². The number of rotatable bonds is 2. The fourth-order valence-electron chi connectivity index (χ4n) is 2.22. The van der Waals surface area contributed by atoms with E-state index in [2.05, 4.69) is 15.0 Å². The van der Waals surface area contributed by atoms with Crippen LogP contribution < -0.4 is 0 Å². The van der Waals surface area contributed by atoms with Gasteiger partial charge in [-0.1, -0.05) is 0 Å². The van der Waals surface area contributed by atoms with E-state index in [-0.39, 0.29) is 17.0 Å². The van der Waals surface area contributed by atoms with Crippen LogP contribution in [0.15, 0.2) is 24.7 Å². The molecule has 0 aliphatic rings. The van der Waals surface area contributed by atoms with Gasteiger partial charge in [-0.3, -0.25) is 0 Å². The lowest BCUT2D eigenvalue weighted by molar-refractivity contribution is 0.608. The molecule has 21 heavy (non-hydrogen) atoms. The lowest BCUT2D eigenvalue weighted by Gasteiger charge is -2.07. The van der Waals surface area contributed by atoms with Gasteiger partial charge in [0.25, 0.3) is 0 Å². The number of hydrogen-bond donors (Lipinski definition) is 0. The Kier molecular flexibility index (Phi) is 3.33. The van der Waals surface area contributed by atoms with Crippen LogP contribution >= 0.6 is 11.6 Å². The molecule has 0 N–H and O–H groups in total. The Balaban J connectivity index is 2.36. The summed E-state index contributed by atoms with van der Waals surface area (Å²) in [4.78, 5) is 11.6. The number of pyridine rings is 1. The average Bonchev–Trinajstić information content (AvgIpc) is 2.80. The Morgan fingerprint density at radius 3 is 2.67 bits per heavy atom. The summed E-state index contributed by atoms with van der Waals surface area (Å²) < 4.78 is 29.3. The second-order valence-electron chi connectivity index (χ2n) is 4.90. The molecule has 0 bridgehead atoms. The monoisotopic (exact) mass is 308 g/mol. The molecule has 0 unspecified atom stereocenters. The summed E-state index contributed by atoms with van der Waals surface area (Å²) >= 11 is 5.73. The number of aromatic nitrogens is 4. The minimum Gasteiger partial charge on any atom is -0.329 e. The Morgan fingerprint density at radius 1 is 1.19 bits per heavy atom. The summed E-state index contributed by atoms with van der Waals surface area (Å²) in [5, 5.41) is 0.415. The van der Waals surface area contributed by atoms with E-state index in [4.69, 9.17) is 11.6 Å². The molecule has 3 aromatic heterocycles. The van der Waals surface area contributed by atoms with Crippen molar-refractivity contribution in [3.63, 3.8) is 0 Å². The Morgan fingerprint density at radius 2 is 1.95 bits per heavy atom. The summed E-state index contributed by atoms with van der Waals surface area (Å²) in [6, 6.07) is 1.39. The third-order valence-corrected chi connectivity index (χ3v) is 3.34. The van der Waals surface area contributed by atoms with Crippen molar-refractivity contribution >= 4 is 22.6 Å².